The van der Waals surface area contributed by atoms with Gasteiger partial charge in [0.15, 0.2) is 6.10 Å². The zero-order chi connectivity index (χ0) is 42.1. The quantitative estimate of drug-likeness (QED) is 0.0213. The first kappa shape index (κ1) is 55.5. The highest BCUT2D eigenvalue weighted by Gasteiger charge is 2.27. The van der Waals surface area contributed by atoms with Crippen molar-refractivity contribution < 1.29 is 42.1 Å². The summed E-state index contributed by atoms with van der Waals surface area (Å²) in [7, 11) is 1.48. The maximum Gasteiger partial charge on any atom is 0.472 e. The third-order valence-corrected chi connectivity index (χ3v) is 11.2. The van der Waals surface area contributed by atoms with Crippen molar-refractivity contribution in [3.63, 3.8) is 0 Å². The monoisotopic (exact) mass is 829 g/mol. The molecule has 0 heterocycles. The lowest BCUT2D eigenvalue weighted by Gasteiger charge is -2.24. The third-order valence-electron chi connectivity index (χ3n) is 10.2. The number of hydrogen-bond donors (Lipinski definition) is 1. The average Bonchev–Trinajstić information content (AvgIpc) is 3.16. The molecule has 10 heteroatoms. The number of rotatable bonds is 43. The number of phosphoric ester groups is 1. The zero-order valence-electron chi connectivity index (χ0n) is 37.8. The van der Waals surface area contributed by atoms with Crippen LogP contribution in [0.1, 0.15) is 213 Å². The van der Waals surface area contributed by atoms with Crippen LogP contribution in [0.15, 0.2) is 24.3 Å². The van der Waals surface area contributed by atoms with Crippen LogP contribution < -0.4 is 0 Å². The van der Waals surface area contributed by atoms with E-state index in [0.717, 1.165) is 51.4 Å². The molecule has 0 aromatic heterocycles. The van der Waals surface area contributed by atoms with Gasteiger partial charge in [0.25, 0.3) is 0 Å². The Labute approximate surface area is 351 Å². The van der Waals surface area contributed by atoms with Gasteiger partial charge in [-0.15, -0.1) is 0 Å². The first-order chi connectivity index (χ1) is 27.5. The molecule has 1 unspecified atom stereocenters. The molecule has 2 atom stereocenters. The number of nitrogens with zero attached hydrogens (tertiary/aromatic N) is 1. The van der Waals surface area contributed by atoms with Crippen LogP contribution in [0.4, 0.5) is 0 Å². The molecule has 0 spiro atoms. The second kappa shape index (κ2) is 39.9. The molecule has 1 N–H and O–H groups in total. The Hall–Kier alpha value is -1.51. The minimum Gasteiger partial charge on any atom is -0.462 e. The summed E-state index contributed by atoms with van der Waals surface area (Å²) in [5.74, 6) is -0.804. The SMILES string of the molecule is CCCCC/C=C/CCCCCCCC(=O)O[C@@H](COC(=O)CCCCCCCCCCCCC/C=C/CCCCCCCC)COP(=O)(O)OCC[N+](C)(C)C. The summed E-state index contributed by atoms with van der Waals surface area (Å²) in [4.78, 5) is 35.4. The normalized spacial score (nSPS) is 13.7. The maximum absolute atomic E-state index is 12.7. The topological polar surface area (TPSA) is 108 Å². The van der Waals surface area contributed by atoms with Gasteiger partial charge in [0.1, 0.15) is 19.8 Å². The van der Waals surface area contributed by atoms with Crippen molar-refractivity contribution in [2.45, 2.75) is 219 Å². The van der Waals surface area contributed by atoms with Crippen LogP contribution in [0.2, 0.25) is 0 Å². The Morgan fingerprint density at radius 2 is 0.895 bits per heavy atom. The molecule has 0 aliphatic heterocycles. The summed E-state index contributed by atoms with van der Waals surface area (Å²) in [6.07, 6.45) is 43.7. The third kappa shape index (κ3) is 43.9. The van der Waals surface area contributed by atoms with Gasteiger partial charge in [-0.25, -0.2) is 4.57 Å². The largest absolute Gasteiger partial charge is 0.472 e. The predicted molar refractivity (Wildman–Crippen MR) is 238 cm³/mol. The van der Waals surface area contributed by atoms with Crippen molar-refractivity contribution in [1.29, 1.82) is 0 Å². The fourth-order valence-corrected chi connectivity index (χ4v) is 7.22. The lowest BCUT2D eigenvalue weighted by Crippen LogP contribution is -2.37. The lowest BCUT2D eigenvalue weighted by atomic mass is 10.0. The predicted octanol–water partition coefficient (Wildman–Crippen LogP) is 13.5. The zero-order valence-corrected chi connectivity index (χ0v) is 38.7. The number of phosphoric acid groups is 1. The minimum absolute atomic E-state index is 0.0314. The van der Waals surface area contributed by atoms with E-state index in [4.69, 9.17) is 18.5 Å². The Bertz CT molecular complexity index is 1030. The van der Waals surface area contributed by atoms with E-state index in [0.29, 0.717) is 17.4 Å². The molecule has 0 amide bonds. The summed E-state index contributed by atoms with van der Waals surface area (Å²) in [5.41, 5.74) is 0. The van der Waals surface area contributed by atoms with E-state index in [1.807, 2.05) is 21.1 Å². The molecule has 0 aliphatic rings. The molecular formula is C47H91NO8P+. The molecular weight excluding hydrogens is 737 g/mol. The van der Waals surface area contributed by atoms with Gasteiger partial charge in [0.05, 0.1) is 27.7 Å². The Morgan fingerprint density at radius 1 is 0.526 bits per heavy atom. The molecule has 0 aromatic carbocycles. The van der Waals surface area contributed by atoms with Crippen LogP contribution in [-0.2, 0) is 32.7 Å². The summed E-state index contributed by atoms with van der Waals surface area (Å²) in [5, 5.41) is 0. The van der Waals surface area contributed by atoms with E-state index in [1.165, 1.54) is 128 Å². The van der Waals surface area contributed by atoms with Crippen LogP contribution >= 0.6 is 7.82 Å². The highest BCUT2D eigenvalue weighted by molar-refractivity contribution is 7.47. The van der Waals surface area contributed by atoms with Gasteiger partial charge in [0.2, 0.25) is 0 Å². The average molecular weight is 829 g/mol. The van der Waals surface area contributed by atoms with Crippen LogP contribution in [0.5, 0.6) is 0 Å². The second-order valence-corrected chi connectivity index (χ2v) is 18.6. The maximum atomic E-state index is 12.7. The molecule has 0 saturated carbocycles. The smallest absolute Gasteiger partial charge is 0.462 e. The van der Waals surface area contributed by atoms with Gasteiger partial charge in [-0.1, -0.05) is 160 Å². The van der Waals surface area contributed by atoms with Gasteiger partial charge in [-0.3, -0.25) is 18.6 Å². The van der Waals surface area contributed by atoms with Crippen LogP contribution in [-0.4, -0.2) is 74.9 Å². The van der Waals surface area contributed by atoms with E-state index in [9.17, 15) is 19.0 Å². The number of ether oxygens (including phenoxy) is 2. The van der Waals surface area contributed by atoms with Crippen molar-refractivity contribution in [3.8, 4) is 0 Å². The van der Waals surface area contributed by atoms with Crippen LogP contribution in [0.3, 0.4) is 0 Å². The number of hydrogen-bond acceptors (Lipinski definition) is 7. The van der Waals surface area contributed by atoms with Crippen molar-refractivity contribution in [2.75, 3.05) is 47.5 Å². The number of quaternary nitrogens is 1. The number of esters is 2. The van der Waals surface area contributed by atoms with Crippen molar-refractivity contribution >= 4 is 19.8 Å². The van der Waals surface area contributed by atoms with Crippen LogP contribution in [0.25, 0.3) is 0 Å². The molecule has 0 aromatic rings. The van der Waals surface area contributed by atoms with Crippen molar-refractivity contribution in [2.24, 2.45) is 0 Å². The molecule has 336 valence electrons. The number of allylic oxidation sites excluding steroid dienone is 4. The minimum atomic E-state index is -4.37. The first-order valence-electron chi connectivity index (χ1n) is 23.6. The van der Waals surface area contributed by atoms with Gasteiger partial charge < -0.3 is 18.9 Å². The fraction of sp³-hybridized carbons (Fsp3) is 0.872. The lowest BCUT2D eigenvalue weighted by molar-refractivity contribution is -0.870. The molecule has 0 radical (unpaired) electrons. The van der Waals surface area contributed by atoms with Crippen molar-refractivity contribution in [1.82, 2.24) is 0 Å². The molecule has 9 nitrogen and oxygen atoms in total. The molecule has 0 fully saturated rings. The summed E-state index contributed by atoms with van der Waals surface area (Å²) in [6.45, 7) is 4.40. The fourth-order valence-electron chi connectivity index (χ4n) is 6.47. The highest BCUT2D eigenvalue weighted by atomic mass is 31.2. The van der Waals surface area contributed by atoms with E-state index in [-0.39, 0.29) is 32.0 Å². The van der Waals surface area contributed by atoms with Gasteiger partial charge in [-0.2, -0.15) is 0 Å². The van der Waals surface area contributed by atoms with Crippen molar-refractivity contribution in [3.05, 3.63) is 24.3 Å². The Kier molecular flexibility index (Phi) is 38.9. The Balaban J connectivity index is 4.23. The van der Waals surface area contributed by atoms with E-state index in [2.05, 4.69) is 38.2 Å². The summed E-state index contributed by atoms with van der Waals surface area (Å²) in [6, 6.07) is 0. The standard InChI is InChI=1S/C47H90NO8P/c1-6-8-10-12-14-16-18-20-21-22-23-24-25-26-27-28-30-31-33-35-37-39-46(49)53-43-45(44-55-57(51,52)54-42-41-48(3,4)5)56-47(50)40-38-36-34-32-29-19-17-15-13-11-9-7-2/h15,17,20-21,45H,6-14,16,18-19,22-44H2,1-5H3/p+1/b17-15+,21-20+/t45-/m0/s1. The number of carbonyl (C=O) groups excluding carboxylic acids is 2. The highest BCUT2D eigenvalue weighted by Crippen LogP contribution is 2.43. The second-order valence-electron chi connectivity index (χ2n) is 17.1. The number of likely N-dealkylation sites (N-methyl/N-ethyl adjacent to an activating group) is 1. The molecule has 0 saturated heterocycles. The molecule has 0 aliphatic carbocycles. The molecule has 0 bridgehead atoms. The van der Waals surface area contributed by atoms with E-state index in [1.54, 1.807) is 0 Å². The summed E-state index contributed by atoms with van der Waals surface area (Å²) < 4.78 is 34.3. The van der Waals surface area contributed by atoms with Gasteiger partial charge in [-0.05, 0) is 64.2 Å². The summed E-state index contributed by atoms with van der Waals surface area (Å²) >= 11 is 0. The Morgan fingerprint density at radius 3 is 1.33 bits per heavy atom. The number of carbonyl (C=O) groups is 2. The first-order valence-corrected chi connectivity index (χ1v) is 25.1. The molecule has 0 rings (SSSR count). The molecule has 57 heavy (non-hydrogen) atoms. The van der Waals surface area contributed by atoms with Gasteiger partial charge in [0, 0.05) is 12.8 Å². The van der Waals surface area contributed by atoms with Gasteiger partial charge >= 0.3 is 19.8 Å². The number of unbranched alkanes of at least 4 members (excludes halogenated alkanes) is 25. The van der Waals surface area contributed by atoms with E-state index >= 15 is 0 Å². The van der Waals surface area contributed by atoms with Crippen LogP contribution in [0, 0.1) is 0 Å². The van der Waals surface area contributed by atoms with E-state index < -0.39 is 26.5 Å².